The van der Waals surface area contributed by atoms with E-state index in [0.29, 0.717) is 22.1 Å². The molecule has 2 heterocycles. The van der Waals surface area contributed by atoms with Gasteiger partial charge in [-0.15, -0.1) is 11.3 Å². The van der Waals surface area contributed by atoms with Crippen molar-refractivity contribution in [2.24, 2.45) is 0 Å². The van der Waals surface area contributed by atoms with Gasteiger partial charge in [-0.1, -0.05) is 12.1 Å². The molecule has 0 spiro atoms. The van der Waals surface area contributed by atoms with E-state index in [9.17, 15) is 4.79 Å². The number of aryl methyl sites for hydroxylation is 1. The average Bonchev–Trinajstić information content (AvgIpc) is 3.06. The fraction of sp³-hybridized carbons (Fsp3) is 0.118. The molecule has 116 valence electrons. The van der Waals surface area contributed by atoms with E-state index < -0.39 is 0 Å². The van der Waals surface area contributed by atoms with Gasteiger partial charge in [0.15, 0.2) is 0 Å². The summed E-state index contributed by atoms with van der Waals surface area (Å²) in [7, 11) is 1.57. The van der Waals surface area contributed by atoms with E-state index in [4.69, 9.17) is 4.74 Å². The summed E-state index contributed by atoms with van der Waals surface area (Å²) in [5, 5.41) is 5.28. The van der Waals surface area contributed by atoms with Gasteiger partial charge < -0.3 is 10.1 Å². The molecule has 3 rings (SSSR count). The van der Waals surface area contributed by atoms with Crippen LogP contribution >= 0.6 is 11.3 Å². The number of amides is 1. The van der Waals surface area contributed by atoms with Gasteiger partial charge in [-0.3, -0.25) is 9.78 Å². The first-order valence-electron chi connectivity index (χ1n) is 7.00. The lowest BCUT2D eigenvalue weighted by atomic mass is 10.2. The summed E-state index contributed by atoms with van der Waals surface area (Å²) in [4.78, 5) is 21.0. The number of benzene rings is 1. The maximum atomic E-state index is 12.4. The van der Waals surface area contributed by atoms with Crippen LogP contribution in [-0.4, -0.2) is 23.0 Å². The quantitative estimate of drug-likeness (QED) is 0.793. The molecule has 0 bridgehead atoms. The lowest BCUT2D eigenvalue weighted by Crippen LogP contribution is -2.13. The molecule has 0 unspecified atom stereocenters. The molecule has 3 aromatic rings. The number of carbonyl (C=O) groups excluding carboxylic acids is 1. The minimum Gasteiger partial charge on any atom is -0.495 e. The van der Waals surface area contributed by atoms with Gasteiger partial charge in [-0.05, 0) is 36.8 Å². The highest BCUT2D eigenvalue weighted by atomic mass is 32.1. The number of methoxy groups -OCH3 is 1. The second kappa shape index (κ2) is 6.58. The molecule has 5 nitrogen and oxygen atoms in total. The van der Waals surface area contributed by atoms with Gasteiger partial charge >= 0.3 is 0 Å². The molecule has 0 aliphatic rings. The number of aromatic nitrogens is 2. The Kier molecular flexibility index (Phi) is 4.34. The summed E-state index contributed by atoms with van der Waals surface area (Å²) < 4.78 is 5.27. The second-order valence-electron chi connectivity index (χ2n) is 4.91. The Hall–Kier alpha value is -2.73. The maximum Gasteiger partial charge on any atom is 0.275 e. The first kappa shape index (κ1) is 15.2. The number of ether oxygens (including phenoxy) is 1. The van der Waals surface area contributed by atoms with Crippen molar-refractivity contribution in [3.8, 4) is 16.5 Å². The molecule has 2 aromatic heterocycles. The highest BCUT2D eigenvalue weighted by Gasteiger charge is 2.14. The maximum absolute atomic E-state index is 12.4. The molecule has 0 saturated heterocycles. The van der Waals surface area contributed by atoms with E-state index in [-0.39, 0.29) is 5.91 Å². The average molecular weight is 325 g/mol. The minimum absolute atomic E-state index is 0.271. The Labute approximate surface area is 138 Å². The lowest BCUT2D eigenvalue weighted by molar-refractivity contribution is 0.102. The van der Waals surface area contributed by atoms with Gasteiger partial charge in [0.05, 0.1) is 18.5 Å². The van der Waals surface area contributed by atoms with Crippen molar-refractivity contribution >= 4 is 22.9 Å². The minimum atomic E-state index is -0.271. The van der Waals surface area contributed by atoms with Crippen LogP contribution in [0.3, 0.4) is 0 Å². The van der Waals surface area contributed by atoms with Crippen molar-refractivity contribution in [3.63, 3.8) is 0 Å². The Morgan fingerprint density at radius 1 is 1.26 bits per heavy atom. The summed E-state index contributed by atoms with van der Waals surface area (Å²) in [5.41, 5.74) is 2.78. The summed E-state index contributed by atoms with van der Waals surface area (Å²) in [6.45, 7) is 1.96. The largest absolute Gasteiger partial charge is 0.495 e. The smallest absolute Gasteiger partial charge is 0.275 e. The zero-order valence-electron chi connectivity index (χ0n) is 12.7. The second-order valence-corrected chi connectivity index (χ2v) is 5.77. The first-order chi connectivity index (χ1) is 11.2. The van der Waals surface area contributed by atoms with Crippen LogP contribution in [0.5, 0.6) is 5.75 Å². The number of hydrogen-bond acceptors (Lipinski definition) is 5. The Balaban J connectivity index is 1.82. The number of carbonyl (C=O) groups is 1. The third-order valence-electron chi connectivity index (χ3n) is 3.22. The van der Waals surface area contributed by atoms with Crippen LogP contribution in [0.1, 0.15) is 16.1 Å². The van der Waals surface area contributed by atoms with Crippen molar-refractivity contribution in [2.75, 3.05) is 12.4 Å². The summed E-state index contributed by atoms with van der Waals surface area (Å²) in [5.74, 6) is 0.344. The SMILES string of the molecule is COc1ccc(C)cc1NC(=O)c1csc(-c2ccccn2)n1. The topological polar surface area (TPSA) is 64.1 Å². The Morgan fingerprint density at radius 2 is 2.13 bits per heavy atom. The van der Waals surface area contributed by atoms with E-state index >= 15 is 0 Å². The monoisotopic (exact) mass is 325 g/mol. The lowest BCUT2D eigenvalue weighted by Gasteiger charge is -2.10. The third kappa shape index (κ3) is 3.37. The Morgan fingerprint density at radius 3 is 2.87 bits per heavy atom. The number of thiazole rings is 1. The molecule has 1 N–H and O–H groups in total. The van der Waals surface area contributed by atoms with Crippen LogP contribution in [0.15, 0.2) is 48.0 Å². The first-order valence-corrected chi connectivity index (χ1v) is 7.88. The number of anilines is 1. The van der Waals surface area contributed by atoms with Gasteiger partial charge in [0.1, 0.15) is 16.5 Å². The molecule has 1 aromatic carbocycles. The summed E-state index contributed by atoms with van der Waals surface area (Å²) in [6.07, 6.45) is 1.70. The molecular formula is C17H15N3O2S. The summed E-state index contributed by atoms with van der Waals surface area (Å²) >= 11 is 1.39. The van der Waals surface area contributed by atoms with Crippen molar-refractivity contribution in [1.82, 2.24) is 9.97 Å². The normalized spacial score (nSPS) is 10.3. The van der Waals surface area contributed by atoms with Crippen molar-refractivity contribution in [3.05, 3.63) is 59.2 Å². The number of hydrogen-bond donors (Lipinski definition) is 1. The third-order valence-corrected chi connectivity index (χ3v) is 4.09. The van der Waals surface area contributed by atoms with Gasteiger partial charge in [0.2, 0.25) is 0 Å². The van der Waals surface area contributed by atoms with Crippen LogP contribution < -0.4 is 10.1 Å². The molecule has 0 radical (unpaired) electrons. The zero-order chi connectivity index (χ0) is 16.2. The van der Waals surface area contributed by atoms with Gasteiger partial charge in [-0.25, -0.2) is 4.98 Å². The molecule has 0 saturated carbocycles. The van der Waals surface area contributed by atoms with E-state index in [2.05, 4.69) is 15.3 Å². The summed E-state index contributed by atoms with van der Waals surface area (Å²) in [6, 6.07) is 11.2. The fourth-order valence-electron chi connectivity index (χ4n) is 2.09. The van der Waals surface area contributed by atoms with E-state index in [1.165, 1.54) is 11.3 Å². The molecular weight excluding hydrogens is 310 g/mol. The van der Waals surface area contributed by atoms with Crippen LogP contribution in [-0.2, 0) is 0 Å². The van der Waals surface area contributed by atoms with Crippen molar-refractivity contribution in [2.45, 2.75) is 6.92 Å². The van der Waals surface area contributed by atoms with Crippen LogP contribution in [0.25, 0.3) is 10.7 Å². The van der Waals surface area contributed by atoms with Crippen molar-refractivity contribution < 1.29 is 9.53 Å². The van der Waals surface area contributed by atoms with Gasteiger partial charge in [0.25, 0.3) is 5.91 Å². The Bertz CT molecular complexity index is 831. The van der Waals surface area contributed by atoms with Crippen molar-refractivity contribution in [1.29, 1.82) is 0 Å². The number of pyridine rings is 1. The molecule has 0 aliphatic carbocycles. The van der Waals surface area contributed by atoms with Crippen LogP contribution in [0, 0.1) is 6.92 Å². The molecule has 23 heavy (non-hydrogen) atoms. The van der Waals surface area contributed by atoms with E-state index in [0.717, 1.165) is 11.3 Å². The van der Waals surface area contributed by atoms with E-state index in [1.807, 2.05) is 43.3 Å². The molecule has 6 heteroatoms. The highest BCUT2D eigenvalue weighted by Crippen LogP contribution is 2.27. The predicted molar refractivity (Wildman–Crippen MR) is 91.0 cm³/mol. The van der Waals surface area contributed by atoms with Gasteiger partial charge in [-0.2, -0.15) is 0 Å². The zero-order valence-corrected chi connectivity index (χ0v) is 13.6. The van der Waals surface area contributed by atoms with Crippen LogP contribution in [0.4, 0.5) is 5.69 Å². The standard InChI is InChI=1S/C17H15N3O2S/c1-11-6-7-15(22-2)13(9-11)19-16(21)14-10-23-17(20-14)12-5-3-4-8-18-12/h3-10H,1-2H3,(H,19,21). The van der Waals surface area contributed by atoms with E-state index in [1.54, 1.807) is 18.7 Å². The molecule has 0 atom stereocenters. The van der Waals surface area contributed by atoms with Crippen LogP contribution in [0.2, 0.25) is 0 Å². The molecule has 0 fully saturated rings. The molecule has 1 amide bonds. The number of nitrogens with one attached hydrogen (secondary N) is 1. The number of rotatable bonds is 4. The number of nitrogens with zero attached hydrogens (tertiary/aromatic N) is 2. The molecule has 0 aliphatic heterocycles. The predicted octanol–water partition coefficient (Wildman–Crippen LogP) is 3.77. The van der Waals surface area contributed by atoms with Gasteiger partial charge in [0, 0.05) is 11.6 Å². The highest BCUT2D eigenvalue weighted by molar-refractivity contribution is 7.13. The fourth-order valence-corrected chi connectivity index (χ4v) is 2.87.